The SMILES string of the molecule is CC(C)[C@@H](N)C(=O)N(CC(=O)O)C(C)C. The lowest BCUT2D eigenvalue weighted by Crippen LogP contribution is -2.50. The molecule has 5 heteroatoms. The van der Waals surface area contributed by atoms with Crippen LogP contribution in [0.15, 0.2) is 0 Å². The van der Waals surface area contributed by atoms with Crippen molar-refractivity contribution in [3.05, 3.63) is 0 Å². The molecule has 0 radical (unpaired) electrons. The van der Waals surface area contributed by atoms with Crippen molar-refractivity contribution in [1.82, 2.24) is 4.90 Å². The van der Waals surface area contributed by atoms with E-state index in [-0.39, 0.29) is 24.4 Å². The third kappa shape index (κ3) is 4.29. The number of carboxylic acids is 1. The highest BCUT2D eigenvalue weighted by Crippen LogP contribution is 2.06. The molecule has 0 heterocycles. The van der Waals surface area contributed by atoms with Gasteiger partial charge >= 0.3 is 5.97 Å². The Morgan fingerprint density at radius 1 is 1.27 bits per heavy atom. The highest BCUT2D eigenvalue weighted by molar-refractivity contribution is 5.85. The number of hydrogen-bond acceptors (Lipinski definition) is 3. The second-order valence-corrected chi connectivity index (χ2v) is 4.22. The zero-order valence-corrected chi connectivity index (χ0v) is 9.73. The molecule has 1 amide bonds. The third-order valence-electron chi connectivity index (χ3n) is 2.22. The Hall–Kier alpha value is -1.10. The molecule has 0 aliphatic carbocycles. The maximum absolute atomic E-state index is 11.8. The number of nitrogens with two attached hydrogens (primary N) is 1. The van der Waals surface area contributed by atoms with Crippen LogP contribution < -0.4 is 5.73 Å². The molecule has 0 rings (SSSR count). The van der Waals surface area contributed by atoms with Gasteiger partial charge in [-0.1, -0.05) is 13.8 Å². The number of hydrogen-bond donors (Lipinski definition) is 2. The first-order valence-electron chi connectivity index (χ1n) is 5.05. The number of amides is 1. The summed E-state index contributed by atoms with van der Waals surface area (Å²) in [5.41, 5.74) is 5.69. The predicted octanol–water partition coefficient (Wildman–Crippen LogP) is 0.291. The minimum atomic E-state index is -1.02. The van der Waals surface area contributed by atoms with Crippen LogP contribution in [0.25, 0.3) is 0 Å². The van der Waals surface area contributed by atoms with Gasteiger partial charge < -0.3 is 15.7 Å². The summed E-state index contributed by atoms with van der Waals surface area (Å²) in [7, 11) is 0. The van der Waals surface area contributed by atoms with Gasteiger partial charge in [-0.15, -0.1) is 0 Å². The molecule has 5 nitrogen and oxygen atoms in total. The monoisotopic (exact) mass is 216 g/mol. The van der Waals surface area contributed by atoms with Gasteiger partial charge in [0.05, 0.1) is 6.04 Å². The number of rotatable bonds is 5. The molecule has 0 saturated heterocycles. The fourth-order valence-electron chi connectivity index (χ4n) is 1.14. The van der Waals surface area contributed by atoms with E-state index in [4.69, 9.17) is 10.8 Å². The molecule has 15 heavy (non-hydrogen) atoms. The van der Waals surface area contributed by atoms with Gasteiger partial charge in [0, 0.05) is 6.04 Å². The van der Waals surface area contributed by atoms with Crippen LogP contribution in [0.1, 0.15) is 27.7 Å². The Bertz CT molecular complexity index is 239. The summed E-state index contributed by atoms with van der Waals surface area (Å²) in [5.74, 6) is -1.32. The molecule has 1 atom stereocenters. The number of aliphatic carboxylic acids is 1. The number of nitrogens with zero attached hydrogens (tertiary/aromatic N) is 1. The van der Waals surface area contributed by atoms with E-state index in [0.29, 0.717) is 0 Å². The van der Waals surface area contributed by atoms with Crippen molar-refractivity contribution < 1.29 is 14.7 Å². The molecule has 0 aromatic rings. The molecule has 0 aliphatic rings. The first-order valence-corrected chi connectivity index (χ1v) is 5.05. The van der Waals surface area contributed by atoms with E-state index in [1.54, 1.807) is 13.8 Å². The highest BCUT2D eigenvalue weighted by atomic mass is 16.4. The lowest BCUT2D eigenvalue weighted by molar-refractivity contribution is -0.146. The summed E-state index contributed by atoms with van der Waals surface area (Å²) in [6.45, 7) is 6.92. The van der Waals surface area contributed by atoms with Crippen molar-refractivity contribution in [2.24, 2.45) is 11.7 Å². The molecule has 0 unspecified atom stereocenters. The zero-order valence-electron chi connectivity index (χ0n) is 9.73. The average molecular weight is 216 g/mol. The van der Waals surface area contributed by atoms with Crippen molar-refractivity contribution in [3.63, 3.8) is 0 Å². The standard InChI is InChI=1S/C10H20N2O3/c1-6(2)9(11)10(15)12(7(3)4)5-8(13)14/h6-7,9H,5,11H2,1-4H3,(H,13,14)/t9-/m1/s1. The van der Waals surface area contributed by atoms with Gasteiger partial charge in [-0.05, 0) is 19.8 Å². The summed E-state index contributed by atoms with van der Waals surface area (Å²) in [6.07, 6.45) is 0. The Labute approximate surface area is 90.2 Å². The predicted molar refractivity (Wildman–Crippen MR) is 57.3 cm³/mol. The van der Waals surface area contributed by atoms with Crippen molar-refractivity contribution >= 4 is 11.9 Å². The van der Waals surface area contributed by atoms with Crippen molar-refractivity contribution in [1.29, 1.82) is 0 Å². The van der Waals surface area contributed by atoms with Gasteiger partial charge in [0.25, 0.3) is 0 Å². The molecule has 0 aliphatic heterocycles. The molecule has 0 bridgehead atoms. The summed E-state index contributed by atoms with van der Waals surface area (Å²) >= 11 is 0. The Balaban J connectivity index is 4.62. The van der Waals surface area contributed by atoms with Crippen LogP contribution in [-0.2, 0) is 9.59 Å². The number of carbonyl (C=O) groups excluding carboxylic acids is 1. The zero-order chi connectivity index (χ0) is 12.2. The molecular weight excluding hydrogens is 196 g/mol. The lowest BCUT2D eigenvalue weighted by Gasteiger charge is -2.29. The van der Waals surface area contributed by atoms with E-state index in [0.717, 1.165) is 0 Å². The van der Waals surface area contributed by atoms with Crippen LogP contribution in [0.3, 0.4) is 0 Å². The fraction of sp³-hybridized carbons (Fsp3) is 0.800. The average Bonchev–Trinajstić information content (AvgIpc) is 2.10. The van der Waals surface area contributed by atoms with Gasteiger partial charge in [0.1, 0.15) is 6.54 Å². The summed E-state index contributed by atoms with van der Waals surface area (Å²) in [4.78, 5) is 23.7. The van der Waals surface area contributed by atoms with Gasteiger partial charge in [-0.2, -0.15) is 0 Å². The van der Waals surface area contributed by atoms with Crippen molar-refractivity contribution in [3.8, 4) is 0 Å². The minimum absolute atomic E-state index is 0.00699. The van der Waals surface area contributed by atoms with Gasteiger partial charge in [0.15, 0.2) is 0 Å². The van der Waals surface area contributed by atoms with Crippen LogP contribution in [0.2, 0.25) is 0 Å². The largest absolute Gasteiger partial charge is 0.480 e. The topological polar surface area (TPSA) is 83.6 Å². The quantitative estimate of drug-likeness (QED) is 0.692. The molecule has 0 aromatic carbocycles. The maximum Gasteiger partial charge on any atom is 0.323 e. The first kappa shape index (κ1) is 13.9. The molecule has 0 spiro atoms. The Morgan fingerprint density at radius 3 is 2.00 bits per heavy atom. The highest BCUT2D eigenvalue weighted by Gasteiger charge is 2.26. The van der Waals surface area contributed by atoms with Gasteiger partial charge in [-0.3, -0.25) is 9.59 Å². The smallest absolute Gasteiger partial charge is 0.323 e. The van der Waals surface area contributed by atoms with Crippen LogP contribution in [-0.4, -0.2) is 40.5 Å². The van der Waals surface area contributed by atoms with E-state index >= 15 is 0 Å². The molecule has 88 valence electrons. The fourth-order valence-corrected chi connectivity index (χ4v) is 1.14. The first-order chi connectivity index (χ1) is 6.77. The summed E-state index contributed by atoms with van der Waals surface area (Å²) < 4.78 is 0. The molecule has 0 fully saturated rings. The minimum Gasteiger partial charge on any atom is -0.480 e. The second kappa shape index (κ2) is 5.70. The molecule has 0 aromatic heterocycles. The van der Waals surface area contributed by atoms with E-state index < -0.39 is 12.0 Å². The normalized spacial score (nSPS) is 13.0. The van der Waals surface area contributed by atoms with Crippen LogP contribution >= 0.6 is 0 Å². The van der Waals surface area contributed by atoms with Crippen LogP contribution in [0.5, 0.6) is 0 Å². The number of carboxylic acid groups (broad SMARTS) is 1. The van der Waals surface area contributed by atoms with Crippen molar-refractivity contribution in [2.45, 2.75) is 39.8 Å². The van der Waals surface area contributed by atoms with Gasteiger partial charge in [-0.25, -0.2) is 0 Å². The van der Waals surface area contributed by atoms with Gasteiger partial charge in [0.2, 0.25) is 5.91 Å². The van der Waals surface area contributed by atoms with Crippen molar-refractivity contribution in [2.75, 3.05) is 6.54 Å². The van der Waals surface area contributed by atoms with E-state index in [2.05, 4.69) is 0 Å². The second-order valence-electron chi connectivity index (χ2n) is 4.22. The molecular formula is C10H20N2O3. The molecule has 0 saturated carbocycles. The van der Waals surface area contributed by atoms with E-state index in [1.807, 2.05) is 13.8 Å². The van der Waals surface area contributed by atoms with Crippen LogP contribution in [0.4, 0.5) is 0 Å². The lowest BCUT2D eigenvalue weighted by atomic mass is 10.0. The summed E-state index contributed by atoms with van der Waals surface area (Å²) in [6, 6.07) is -0.787. The third-order valence-corrected chi connectivity index (χ3v) is 2.22. The van der Waals surface area contributed by atoms with E-state index in [1.165, 1.54) is 4.90 Å². The van der Waals surface area contributed by atoms with Crippen LogP contribution in [0, 0.1) is 5.92 Å². The molecule has 3 N–H and O–H groups in total. The Kier molecular flexibility index (Phi) is 5.28. The van der Waals surface area contributed by atoms with E-state index in [9.17, 15) is 9.59 Å². The summed E-state index contributed by atoms with van der Waals surface area (Å²) in [5, 5.41) is 8.67. The number of carbonyl (C=O) groups is 2. The maximum atomic E-state index is 11.8. The Morgan fingerprint density at radius 2 is 1.73 bits per heavy atom.